The van der Waals surface area contributed by atoms with Gasteiger partial charge in [0.2, 0.25) is 0 Å². The van der Waals surface area contributed by atoms with Crippen LogP contribution in [0.4, 0.5) is 8.78 Å². The summed E-state index contributed by atoms with van der Waals surface area (Å²) in [5, 5.41) is 0. The third-order valence-corrected chi connectivity index (χ3v) is 4.88. The summed E-state index contributed by atoms with van der Waals surface area (Å²) in [6, 6.07) is 3.86. The standard InChI is InChI=1S/C20H25F2N3O/c1-26-14-20-23-10-16(11-24-20)13-25-8-2-3-15(12-25)4-5-17-6-7-18(21)9-19(17)22/h6-7,9-11,15H,2-5,8,12-14H2,1H3. The van der Waals surface area contributed by atoms with Gasteiger partial charge in [0.25, 0.3) is 0 Å². The molecular formula is C20H25F2N3O. The monoisotopic (exact) mass is 361 g/mol. The van der Waals surface area contributed by atoms with Crippen molar-refractivity contribution < 1.29 is 13.5 Å². The first kappa shape index (κ1) is 18.9. The summed E-state index contributed by atoms with van der Waals surface area (Å²) in [5.41, 5.74) is 1.70. The minimum Gasteiger partial charge on any atom is -0.377 e. The van der Waals surface area contributed by atoms with Crippen LogP contribution in [0.3, 0.4) is 0 Å². The highest BCUT2D eigenvalue weighted by Crippen LogP contribution is 2.23. The smallest absolute Gasteiger partial charge is 0.153 e. The molecule has 0 N–H and O–H groups in total. The van der Waals surface area contributed by atoms with Crippen LogP contribution in [0, 0.1) is 17.6 Å². The lowest BCUT2D eigenvalue weighted by molar-refractivity contribution is 0.161. The maximum absolute atomic E-state index is 13.8. The summed E-state index contributed by atoms with van der Waals surface area (Å²) >= 11 is 0. The summed E-state index contributed by atoms with van der Waals surface area (Å²) in [6.45, 7) is 3.30. The molecule has 1 fully saturated rings. The quantitative estimate of drug-likeness (QED) is 0.753. The minimum absolute atomic E-state index is 0.423. The first-order valence-corrected chi connectivity index (χ1v) is 9.09. The zero-order valence-corrected chi connectivity index (χ0v) is 15.1. The molecule has 4 nitrogen and oxygen atoms in total. The van der Waals surface area contributed by atoms with E-state index in [9.17, 15) is 8.78 Å². The summed E-state index contributed by atoms with van der Waals surface area (Å²) in [4.78, 5) is 11.0. The molecule has 0 radical (unpaired) electrons. The second-order valence-electron chi connectivity index (χ2n) is 6.96. The Labute approximate surface area is 153 Å². The van der Waals surface area contributed by atoms with Gasteiger partial charge in [0, 0.05) is 44.2 Å². The van der Waals surface area contributed by atoms with Crippen LogP contribution in [-0.2, 0) is 24.3 Å². The van der Waals surface area contributed by atoms with E-state index in [1.54, 1.807) is 13.2 Å². The van der Waals surface area contributed by atoms with Crippen LogP contribution in [0.2, 0.25) is 0 Å². The second kappa shape index (κ2) is 9.14. The van der Waals surface area contributed by atoms with E-state index in [-0.39, 0.29) is 0 Å². The molecule has 26 heavy (non-hydrogen) atoms. The van der Waals surface area contributed by atoms with Gasteiger partial charge in [-0.25, -0.2) is 18.7 Å². The van der Waals surface area contributed by atoms with Crippen LogP contribution in [-0.4, -0.2) is 35.1 Å². The number of hydrogen-bond donors (Lipinski definition) is 0. The number of aryl methyl sites for hydroxylation is 1. The van der Waals surface area contributed by atoms with Gasteiger partial charge < -0.3 is 4.74 Å². The number of piperidine rings is 1. The lowest BCUT2D eigenvalue weighted by Crippen LogP contribution is -2.35. The zero-order valence-electron chi connectivity index (χ0n) is 15.1. The molecule has 6 heteroatoms. The molecule has 1 atom stereocenters. The predicted octanol–water partition coefficient (Wildman–Crippen LogP) is 3.75. The lowest BCUT2D eigenvalue weighted by atomic mass is 9.91. The third-order valence-electron chi connectivity index (χ3n) is 4.88. The molecule has 0 spiro atoms. The van der Waals surface area contributed by atoms with Gasteiger partial charge in [-0.2, -0.15) is 0 Å². The van der Waals surface area contributed by atoms with Gasteiger partial charge in [-0.1, -0.05) is 6.07 Å². The molecule has 1 saturated heterocycles. The van der Waals surface area contributed by atoms with Crippen molar-refractivity contribution >= 4 is 0 Å². The van der Waals surface area contributed by atoms with Gasteiger partial charge in [-0.15, -0.1) is 0 Å². The van der Waals surface area contributed by atoms with E-state index in [2.05, 4.69) is 14.9 Å². The molecule has 1 aliphatic heterocycles. The van der Waals surface area contributed by atoms with Gasteiger partial charge >= 0.3 is 0 Å². The van der Waals surface area contributed by atoms with Crippen LogP contribution in [0.15, 0.2) is 30.6 Å². The number of benzene rings is 1. The summed E-state index contributed by atoms with van der Waals surface area (Å²) < 4.78 is 31.8. The van der Waals surface area contributed by atoms with Gasteiger partial charge in [-0.3, -0.25) is 4.90 Å². The fourth-order valence-electron chi connectivity index (χ4n) is 3.54. The van der Waals surface area contributed by atoms with E-state index in [0.717, 1.165) is 50.5 Å². The Morgan fingerprint density at radius 3 is 2.77 bits per heavy atom. The minimum atomic E-state index is -0.520. The molecule has 0 bridgehead atoms. The first-order valence-electron chi connectivity index (χ1n) is 9.09. The maximum atomic E-state index is 13.8. The number of nitrogens with zero attached hydrogens (tertiary/aromatic N) is 3. The first-order chi connectivity index (χ1) is 12.6. The highest BCUT2D eigenvalue weighted by atomic mass is 19.1. The highest BCUT2D eigenvalue weighted by molar-refractivity contribution is 5.18. The molecule has 3 rings (SSSR count). The third kappa shape index (κ3) is 5.29. The Kier molecular flexibility index (Phi) is 6.63. The Hall–Kier alpha value is -1.92. The number of rotatable bonds is 7. The van der Waals surface area contributed by atoms with E-state index < -0.39 is 11.6 Å². The van der Waals surface area contributed by atoms with Gasteiger partial charge in [0.05, 0.1) is 0 Å². The van der Waals surface area contributed by atoms with Crippen molar-refractivity contribution in [2.75, 3.05) is 20.2 Å². The SMILES string of the molecule is COCc1ncc(CN2CCCC(CCc3ccc(F)cc3F)C2)cn1. The highest BCUT2D eigenvalue weighted by Gasteiger charge is 2.20. The lowest BCUT2D eigenvalue weighted by Gasteiger charge is -2.32. The molecule has 2 aromatic rings. The molecule has 1 aromatic carbocycles. The van der Waals surface area contributed by atoms with E-state index in [1.807, 2.05) is 12.4 Å². The number of ether oxygens (including phenoxy) is 1. The fraction of sp³-hybridized carbons (Fsp3) is 0.500. The van der Waals surface area contributed by atoms with Crippen molar-refractivity contribution in [3.63, 3.8) is 0 Å². The number of halogens is 2. The average Bonchev–Trinajstić information content (AvgIpc) is 2.63. The molecule has 0 aliphatic carbocycles. The van der Waals surface area contributed by atoms with Crippen molar-refractivity contribution in [1.29, 1.82) is 0 Å². The summed E-state index contributed by atoms with van der Waals surface area (Å²) in [7, 11) is 1.63. The Bertz CT molecular complexity index is 709. The second-order valence-corrected chi connectivity index (χ2v) is 6.96. The molecular weight excluding hydrogens is 336 g/mol. The van der Waals surface area contributed by atoms with E-state index >= 15 is 0 Å². The van der Waals surface area contributed by atoms with Crippen LogP contribution in [0.25, 0.3) is 0 Å². The van der Waals surface area contributed by atoms with Crippen LogP contribution in [0.1, 0.15) is 36.2 Å². The number of methoxy groups -OCH3 is 1. The Morgan fingerprint density at radius 1 is 1.23 bits per heavy atom. The Morgan fingerprint density at radius 2 is 2.04 bits per heavy atom. The average molecular weight is 361 g/mol. The van der Waals surface area contributed by atoms with E-state index in [1.165, 1.54) is 6.07 Å². The molecule has 0 amide bonds. The zero-order chi connectivity index (χ0) is 18.4. The number of likely N-dealkylation sites (tertiary alicyclic amines) is 1. The van der Waals surface area contributed by atoms with Crippen LogP contribution in [0.5, 0.6) is 0 Å². The van der Waals surface area contributed by atoms with E-state index in [0.29, 0.717) is 30.3 Å². The topological polar surface area (TPSA) is 38.2 Å². The van der Waals surface area contributed by atoms with Gasteiger partial charge in [0.15, 0.2) is 5.82 Å². The molecule has 0 saturated carbocycles. The van der Waals surface area contributed by atoms with Gasteiger partial charge in [-0.05, 0) is 49.8 Å². The van der Waals surface area contributed by atoms with Crippen molar-refractivity contribution in [1.82, 2.24) is 14.9 Å². The van der Waals surface area contributed by atoms with E-state index in [4.69, 9.17) is 4.74 Å². The molecule has 1 aliphatic rings. The largest absolute Gasteiger partial charge is 0.377 e. The number of hydrogen-bond acceptors (Lipinski definition) is 4. The molecule has 2 heterocycles. The van der Waals surface area contributed by atoms with Crippen molar-refractivity contribution in [2.45, 2.75) is 38.8 Å². The predicted molar refractivity (Wildman–Crippen MR) is 95.4 cm³/mol. The normalized spacial score (nSPS) is 18.2. The molecule has 140 valence electrons. The van der Waals surface area contributed by atoms with Crippen molar-refractivity contribution in [3.05, 3.63) is 59.2 Å². The van der Waals surface area contributed by atoms with Crippen molar-refractivity contribution in [3.8, 4) is 0 Å². The Balaban J connectivity index is 1.50. The fourth-order valence-corrected chi connectivity index (χ4v) is 3.54. The van der Waals surface area contributed by atoms with Gasteiger partial charge in [0.1, 0.15) is 18.2 Å². The molecule has 1 unspecified atom stereocenters. The van der Waals surface area contributed by atoms with Crippen LogP contribution >= 0.6 is 0 Å². The number of aromatic nitrogens is 2. The van der Waals surface area contributed by atoms with Crippen LogP contribution < -0.4 is 0 Å². The van der Waals surface area contributed by atoms with Crippen molar-refractivity contribution in [2.24, 2.45) is 5.92 Å². The maximum Gasteiger partial charge on any atom is 0.153 e. The summed E-state index contributed by atoms with van der Waals surface area (Å²) in [6.07, 6.45) is 7.58. The molecule has 1 aromatic heterocycles. The summed E-state index contributed by atoms with van der Waals surface area (Å²) in [5.74, 6) is 0.260.